The molecule has 1 N–H and O–H groups in total. The first-order valence-corrected chi connectivity index (χ1v) is 5.54. The van der Waals surface area contributed by atoms with Crippen molar-refractivity contribution in [3.63, 3.8) is 0 Å². The summed E-state index contributed by atoms with van der Waals surface area (Å²) in [5.74, 6) is -0.322. The van der Waals surface area contributed by atoms with Crippen LogP contribution in [-0.2, 0) is 6.54 Å². The van der Waals surface area contributed by atoms with Gasteiger partial charge in [0.1, 0.15) is 17.2 Å². The van der Waals surface area contributed by atoms with Crippen molar-refractivity contribution in [1.29, 1.82) is 0 Å². The van der Waals surface area contributed by atoms with Gasteiger partial charge in [0.2, 0.25) is 0 Å². The summed E-state index contributed by atoms with van der Waals surface area (Å²) in [6, 6.07) is 1.53. The van der Waals surface area contributed by atoms with E-state index in [4.69, 9.17) is 9.84 Å². The molecular weight excluding hydrogens is 228 g/mol. The highest BCUT2D eigenvalue weighted by Crippen LogP contribution is 2.21. The molecule has 2 aromatic rings. The lowest BCUT2D eigenvalue weighted by molar-refractivity contribution is 0.0702. The minimum Gasteiger partial charge on any atom is -0.491 e. The fourth-order valence-electron chi connectivity index (χ4n) is 1.19. The number of aromatic nitrogens is 2. The van der Waals surface area contributed by atoms with Crippen molar-refractivity contribution >= 4 is 17.3 Å². The van der Waals surface area contributed by atoms with Crippen LogP contribution in [0.1, 0.15) is 9.67 Å². The van der Waals surface area contributed by atoms with E-state index in [-0.39, 0.29) is 4.88 Å². The number of hydrogen-bond donors (Lipinski definition) is 1. The molecule has 0 aromatic carbocycles. The molecule has 0 unspecified atom stereocenters. The summed E-state index contributed by atoms with van der Waals surface area (Å²) in [4.78, 5) is 14.8. The second-order valence-corrected chi connectivity index (χ2v) is 4.01. The first-order valence-electron chi connectivity index (χ1n) is 4.66. The van der Waals surface area contributed by atoms with Gasteiger partial charge in [-0.1, -0.05) is 0 Å². The Balaban J connectivity index is 1.83. The fraction of sp³-hybridized carbons (Fsp3) is 0.200. The van der Waals surface area contributed by atoms with E-state index in [1.165, 1.54) is 6.07 Å². The summed E-state index contributed by atoms with van der Waals surface area (Å²) in [7, 11) is 0. The molecule has 0 saturated carbocycles. The van der Waals surface area contributed by atoms with E-state index < -0.39 is 5.97 Å². The number of hydrogen-bond acceptors (Lipinski definition) is 4. The second kappa shape index (κ2) is 4.80. The van der Waals surface area contributed by atoms with Crippen LogP contribution in [0.15, 0.2) is 30.2 Å². The van der Waals surface area contributed by atoms with Crippen molar-refractivity contribution in [2.24, 2.45) is 0 Å². The Morgan fingerprint density at radius 1 is 1.62 bits per heavy atom. The van der Waals surface area contributed by atoms with Crippen LogP contribution in [0.2, 0.25) is 0 Å². The molecule has 6 heteroatoms. The van der Waals surface area contributed by atoms with E-state index in [1.807, 2.05) is 10.8 Å². The lowest BCUT2D eigenvalue weighted by Gasteiger charge is -2.03. The van der Waals surface area contributed by atoms with E-state index in [0.717, 1.165) is 11.3 Å². The van der Waals surface area contributed by atoms with Crippen molar-refractivity contribution in [3.05, 3.63) is 35.0 Å². The van der Waals surface area contributed by atoms with Gasteiger partial charge in [-0.25, -0.2) is 9.78 Å². The van der Waals surface area contributed by atoms with E-state index in [0.29, 0.717) is 18.9 Å². The Morgan fingerprint density at radius 3 is 3.12 bits per heavy atom. The van der Waals surface area contributed by atoms with Crippen molar-refractivity contribution < 1.29 is 14.6 Å². The molecule has 0 fully saturated rings. The molecule has 2 aromatic heterocycles. The minimum atomic E-state index is -0.922. The minimum absolute atomic E-state index is 0.289. The smallest absolute Gasteiger partial charge is 0.346 e. The molecule has 0 atom stereocenters. The van der Waals surface area contributed by atoms with Gasteiger partial charge < -0.3 is 14.4 Å². The van der Waals surface area contributed by atoms with Gasteiger partial charge in [-0.05, 0) is 0 Å². The zero-order chi connectivity index (χ0) is 11.4. The molecule has 0 saturated heterocycles. The number of ether oxygens (including phenoxy) is 1. The van der Waals surface area contributed by atoms with Crippen LogP contribution >= 0.6 is 11.3 Å². The van der Waals surface area contributed by atoms with Crippen molar-refractivity contribution in [2.45, 2.75) is 6.54 Å². The maximum atomic E-state index is 10.6. The summed E-state index contributed by atoms with van der Waals surface area (Å²) >= 11 is 1.16. The second-order valence-electron chi connectivity index (χ2n) is 3.10. The zero-order valence-corrected chi connectivity index (χ0v) is 9.18. The predicted molar refractivity (Wildman–Crippen MR) is 59.0 cm³/mol. The maximum absolute atomic E-state index is 10.6. The van der Waals surface area contributed by atoms with Crippen molar-refractivity contribution in [2.75, 3.05) is 6.61 Å². The average molecular weight is 238 g/mol. The molecule has 0 radical (unpaired) electrons. The number of thiophene rings is 1. The van der Waals surface area contributed by atoms with Gasteiger partial charge in [0.05, 0.1) is 12.9 Å². The Labute approximate surface area is 95.9 Å². The molecule has 2 heterocycles. The summed E-state index contributed by atoms with van der Waals surface area (Å²) in [5.41, 5.74) is 0. The lowest BCUT2D eigenvalue weighted by Crippen LogP contribution is -2.05. The fourth-order valence-corrected chi connectivity index (χ4v) is 1.86. The van der Waals surface area contributed by atoms with Crippen LogP contribution in [0.4, 0.5) is 0 Å². The van der Waals surface area contributed by atoms with Crippen LogP contribution in [-0.4, -0.2) is 27.2 Å². The Hall–Kier alpha value is -1.82. The summed E-state index contributed by atoms with van der Waals surface area (Å²) in [6.07, 6.45) is 5.26. The Morgan fingerprint density at radius 2 is 2.50 bits per heavy atom. The van der Waals surface area contributed by atoms with E-state index in [1.54, 1.807) is 17.9 Å². The topological polar surface area (TPSA) is 64.3 Å². The molecule has 0 aliphatic carbocycles. The van der Waals surface area contributed by atoms with Gasteiger partial charge in [-0.2, -0.15) is 0 Å². The Bertz CT molecular complexity index is 464. The number of nitrogens with zero attached hydrogens (tertiary/aromatic N) is 2. The molecule has 5 nitrogen and oxygen atoms in total. The number of carboxylic acid groups (broad SMARTS) is 1. The van der Waals surface area contributed by atoms with Crippen LogP contribution < -0.4 is 4.74 Å². The molecular formula is C10H10N2O3S. The van der Waals surface area contributed by atoms with Crippen molar-refractivity contribution in [1.82, 2.24) is 9.55 Å². The van der Waals surface area contributed by atoms with Crippen molar-refractivity contribution in [3.8, 4) is 5.75 Å². The molecule has 16 heavy (non-hydrogen) atoms. The standard InChI is InChI=1S/C10H10N2O3S/c13-10(14)9-5-8(6-16-9)15-4-3-12-2-1-11-7-12/h1-2,5-7H,3-4H2,(H,13,14). The summed E-state index contributed by atoms with van der Waals surface area (Å²) in [5, 5.41) is 10.4. The highest BCUT2D eigenvalue weighted by molar-refractivity contribution is 7.12. The van der Waals surface area contributed by atoms with E-state index in [9.17, 15) is 4.79 Å². The lowest BCUT2D eigenvalue weighted by atomic mass is 10.4. The molecule has 0 bridgehead atoms. The van der Waals surface area contributed by atoms with Crippen LogP contribution in [0.25, 0.3) is 0 Å². The number of carboxylic acids is 1. The molecule has 0 aliphatic rings. The van der Waals surface area contributed by atoms with Gasteiger partial charge >= 0.3 is 5.97 Å². The number of aromatic carboxylic acids is 1. The van der Waals surface area contributed by atoms with E-state index >= 15 is 0 Å². The highest BCUT2D eigenvalue weighted by Gasteiger charge is 2.06. The third kappa shape index (κ3) is 2.60. The van der Waals surface area contributed by atoms with Crippen LogP contribution in [0.3, 0.4) is 0 Å². The third-order valence-corrected chi connectivity index (χ3v) is 2.86. The van der Waals surface area contributed by atoms with Gasteiger partial charge in [0.15, 0.2) is 0 Å². The molecule has 0 aliphatic heterocycles. The van der Waals surface area contributed by atoms with Gasteiger partial charge in [-0.3, -0.25) is 0 Å². The van der Waals surface area contributed by atoms with E-state index in [2.05, 4.69) is 4.98 Å². The SMILES string of the molecule is O=C(O)c1cc(OCCn2ccnc2)cs1. The van der Waals surface area contributed by atoms with Gasteiger partial charge in [0.25, 0.3) is 0 Å². The Kier molecular flexibility index (Phi) is 3.21. The average Bonchev–Trinajstić information content (AvgIpc) is 2.87. The summed E-state index contributed by atoms with van der Waals surface area (Å²) < 4.78 is 7.30. The summed E-state index contributed by atoms with van der Waals surface area (Å²) in [6.45, 7) is 1.18. The normalized spacial score (nSPS) is 10.2. The van der Waals surface area contributed by atoms with Gasteiger partial charge in [-0.15, -0.1) is 11.3 Å². The molecule has 0 spiro atoms. The highest BCUT2D eigenvalue weighted by atomic mass is 32.1. The first-order chi connectivity index (χ1) is 7.75. The zero-order valence-electron chi connectivity index (χ0n) is 8.37. The largest absolute Gasteiger partial charge is 0.491 e. The van der Waals surface area contributed by atoms with Gasteiger partial charge in [0, 0.05) is 23.8 Å². The third-order valence-electron chi connectivity index (χ3n) is 1.96. The molecule has 2 rings (SSSR count). The number of carbonyl (C=O) groups is 1. The monoisotopic (exact) mass is 238 g/mol. The van der Waals surface area contributed by atoms with Crippen LogP contribution in [0, 0.1) is 0 Å². The molecule has 0 amide bonds. The number of imidazole rings is 1. The first kappa shape index (κ1) is 10.7. The predicted octanol–water partition coefficient (Wildman–Crippen LogP) is 1.72. The quantitative estimate of drug-likeness (QED) is 0.861. The molecule has 84 valence electrons. The maximum Gasteiger partial charge on any atom is 0.346 e. The van der Waals surface area contributed by atoms with Crippen LogP contribution in [0.5, 0.6) is 5.75 Å². The number of rotatable bonds is 5.